The molecule has 0 aliphatic carbocycles. The fourth-order valence-electron chi connectivity index (χ4n) is 1.32. The predicted molar refractivity (Wildman–Crippen MR) is 60.0 cm³/mol. The van der Waals surface area contributed by atoms with Crippen molar-refractivity contribution in [2.45, 2.75) is 18.8 Å². The van der Waals surface area contributed by atoms with Gasteiger partial charge >= 0.3 is 0 Å². The monoisotopic (exact) mass is 226 g/mol. The number of hydrogen-bond acceptors (Lipinski definition) is 4. The molecule has 1 aromatic carbocycles. The van der Waals surface area contributed by atoms with E-state index in [-0.39, 0.29) is 13.2 Å². The third kappa shape index (κ3) is 4.28. The van der Waals surface area contributed by atoms with Gasteiger partial charge in [0.05, 0.1) is 19.8 Å². The topological polar surface area (TPSA) is 58.9 Å². The predicted octanol–water partition coefficient (Wildman–Crippen LogP) is 0.571. The standard InChI is InChI=1S/C12H18O4/c1-15-12(11(14)7-13)9-16-8-10-5-3-2-4-6-10/h2-6,11-14H,7-9H2,1H3/t11-,12+/m1/s1. The van der Waals surface area contributed by atoms with Crippen LogP contribution in [-0.4, -0.2) is 42.7 Å². The molecule has 0 radical (unpaired) electrons. The van der Waals surface area contributed by atoms with E-state index in [1.54, 1.807) is 0 Å². The lowest BCUT2D eigenvalue weighted by atomic mass is 10.2. The van der Waals surface area contributed by atoms with Crippen molar-refractivity contribution in [3.05, 3.63) is 35.9 Å². The summed E-state index contributed by atoms with van der Waals surface area (Å²) in [5.74, 6) is 0. The van der Waals surface area contributed by atoms with Crippen LogP contribution in [-0.2, 0) is 16.1 Å². The molecule has 0 aromatic heterocycles. The van der Waals surface area contributed by atoms with E-state index in [2.05, 4.69) is 0 Å². The molecule has 1 aromatic rings. The van der Waals surface area contributed by atoms with Gasteiger partial charge in [-0.3, -0.25) is 0 Å². The van der Waals surface area contributed by atoms with Gasteiger partial charge in [0.1, 0.15) is 12.2 Å². The summed E-state index contributed by atoms with van der Waals surface area (Å²) in [7, 11) is 1.48. The fraction of sp³-hybridized carbons (Fsp3) is 0.500. The number of rotatable bonds is 7. The zero-order chi connectivity index (χ0) is 11.8. The average Bonchev–Trinajstić information content (AvgIpc) is 2.35. The van der Waals surface area contributed by atoms with Crippen LogP contribution in [0, 0.1) is 0 Å². The van der Waals surface area contributed by atoms with Gasteiger partial charge < -0.3 is 19.7 Å². The Kier molecular flexibility index (Phi) is 6.03. The molecule has 4 heteroatoms. The minimum atomic E-state index is -0.902. The van der Waals surface area contributed by atoms with E-state index in [0.717, 1.165) is 5.56 Å². The number of ether oxygens (including phenoxy) is 2. The van der Waals surface area contributed by atoms with E-state index >= 15 is 0 Å². The number of aliphatic hydroxyl groups is 2. The number of methoxy groups -OCH3 is 1. The summed E-state index contributed by atoms with van der Waals surface area (Å²) in [5.41, 5.74) is 1.07. The Balaban J connectivity index is 2.28. The summed E-state index contributed by atoms with van der Waals surface area (Å²) in [6, 6.07) is 9.75. The highest BCUT2D eigenvalue weighted by Crippen LogP contribution is 2.04. The van der Waals surface area contributed by atoms with Crippen molar-refractivity contribution in [3.63, 3.8) is 0 Å². The zero-order valence-corrected chi connectivity index (χ0v) is 9.37. The Bertz CT molecular complexity index is 276. The fourth-order valence-corrected chi connectivity index (χ4v) is 1.32. The quantitative estimate of drug-likeness (QED) is 0.713. The van der Waals surface area contributed by atoms with Crippen molar-refractivity contribution in [3.8, 4) is 0 Å². The SMILES string of the molecule is CO[C@@H](COCc1ccccc1)[C@H](O)CO. The van der Waals surface area contributed by atoms with Gasteiger partial charge in [-0.05, 0) is 5.56 Å². The van der Waals surface area contributed by atoms with Crippen LogP contribution in [0.15, 0.2) is 30.3 Å². The molecule has 0 heterocycles. The molecular weight excluding hydrogens is 208 g/mol. The van der Waals surface area contributed by atoms with Crippen LogP contribution in [0.1, 0.15) is 5.56 Å². The molecule has 0 fully saturated rings. The first-order chi connectivity index (χ1) is 7.77. The van der Waals surface area contributed by atoms with E-state index < -0.39 is 12.2 Å². The molecule has 0 spiro atoms. The van der Waals surface area contributed by atoms with Gasteiger partial charge in [0.25, 0.3) is 0 Å². The average molecular weight is 226 g/mol. The summed E-state index contributed by atoms with van der Waals surface area (Å²) in [6.07, 6.45) is -1.39. The van der Waals surface area contributed by atoms with Crippen molar-refractivity contribution in [2.75, 3.05) is 20.3 Å². The second kappa shape index (κ2) is 7.35. The molecule has 2 atom stereocenters. The van der Waals surface area contributed by atoms with Crippen molar-refractivity contribution < 1.29 is 19.7 Å². The van der Waals surface area contributed by atoms with E-state index in [1.807, 2.05) is 30.3 Å². The van der Waals surface area contributed by atoms with Crippen molar-refractivity contribution >= 4 is 0 Å². The molecule has 90 valence electrons. The normalized spacial score (nSPS) is 14.7. The van der Waals surface area contributed by atoms with Gasteiger partial charge in [0, 0.05) is 7.11 Å². The maximum Gasteiger partial charge on any atom is 0.109 e. The van der Waals surface area contributed by atoms with Crippen LogP contribution in [0.3, 0.4) is 0 Å². The van der Waals surface area contributed by atoms with Gasteiger partial charge in [0.2, 0.25) is 0 Å². The largest absolute Gasteiger partial charge is 0.394 e. The second-order valence-corrected chi connectivity index (χ2v) is 3.52. The lowest BCUT2D eigenvalue weighted by Crippen LogP contribution is -2.35. The van der Waals surface area contributed by atoms with Crippen molar-refractivity contribution in [1.29, 1.82) is 0 Å². The summed E-state index contributed by atoms with van der Waals surface area (Å²) in [4.78, 5) is 0. The van der Waals surface area contributed by atoms with E-state index in [9.17, 15) is 5.11 Å². The Morgan fingerprint density at radius 2 is 1.94 bits per heavy atom. The summed E-state index contributed by atoms with van der Waals surface area (Å²) < 4.78 is 10.4. The second-order valence-electron chi connectivity index (χ2n) is 3.52. The van der Waals surface area contributed by atoms with Gasteiger partial charge in [-0.25, -0.2) is 0 Å². The first-order valence-corrected chi connectivity index (χ1v) is 5.21. The van der Waals surface area contributed by atoms with Gasteiger partial charge in [-0.1, -0.05) is 30.3 Å². The third-order valence-electron chi connectivity index (χ3n) is 2.31. The molecule has 16 heavy (non-hydrogen) atoms. The van der Waals surface area contributed by atoms with E-state index in [4.69, 9.17) is 14.6 Å². The highest BCUT2D eigenvalue weighted by Gasteiger charge is 2.17. The van der Waals surface area contributed by atoms with Crippen LogP contribution >= 0.6 is 0 Å². The smallest absolute Gasteiger partial charge is 0.109 e. The highest BCUT2D eigenvalue weighted by molar-refractivity contribution is 5.13. The molecule has 0 aliphatic heterocycles. The van der Waals surface area contributed by atoms with Crippen molar-refractivity contribution in [2.24, 2.45) is 0 Å². The summed E-state index contributed by atoms with van der Waals surface area (Å²) in [6.45, 7) is 0.402. The van der Waals surface area contributed by atoms with E-state index in [1.165, 1.54) is 7.11 Å². The number of hydrogen-bond donors (Lipinski definition) is 2. The van der Waals surface area contributed by atoms with Crippen LogP contribution in [0.2, 0.25) is 0 Å². The summed E-state index contributed by atoms with van der Waals surface area (Å²) in [5, 5.41) is 18.1. The van der Waals surface area contributed by atoms with Crippen LogP contribution in [0.5, 0.6) is 0 Å². The third-order valence-corrected chi connectivity index (χ3v) is 2.31. The minimum absolute atomic E-state index is 0.257. The van der Waals surface area contributed by atoms with Gasteiger partial charge in [-0.2, -0.15) is 0 Å². The van der Waals surface area contributed by atoms with Gasteiger partial charge in [0.15, 0.2) is 0 Å². The maximum atomic E-state index is 9.36. The molecule has 0 unspecified atom stereocenters. The molecule has 0 saturated heterocycles. The Hall–Kier alpha value is -0.940. The first kappa shape index (κ1) is 13.1. The molecule has 2 N–H and O–H groups in total. The molecule has 0 amide bonds. The van der Waals surface area contributed by atoms with Crippen LogP contribution in [0.25, 0.3) is 0 Å². The Morgan fingerprint density at radius 1 is 1.25 bits per heavy atom. The molecule has 0 bridgehead atoms. The molecule has 4 nitrogen and oxygen atoms in total. The highest BCUT2D eigenvalue weighted by atomic mass is 16.5. The molecule has 1 rings (SSSR count). The molecular formula is C12H18O4. The van der Waals surface area contributed by atoms with Crippen LogP contribution < -0.4 is 0 Å². The number of aliphatic hydroxyl groups excluding tert-OH is 2. The molecule has 0 saturated carbocycles. The Labute approximate surface area is 95.4 Å². The van der Waals surface area contributed by atoms with Crippen molar-refractivity contribution in [1.82, 2.24) is 0 Å². The molecule has 0 aliphatic rings. The minimum Gasteiger partial charge on any atom is -0.394 e. The first-order valence-electron chi connectivity index (χ1n) is 5.21. The van der Waals surface area contributed by atoms with E-state index in [0.29, 0.717) is 6.61 Å². The maximum absolute atomic E-state index is 9.36. The van der Waals surface area contributed by atoms with Crippen LogP contribution in [0.4, 0.5) is 0 Å². The zero-order valence-electron chi connectivity index (χ0n) is 9.37. The van der Waals surface area contributed by atoms with Gasteiger partial charge in [-0.15, -0.1) is 0 Å². The lowest BCUT2D eigenvalue weighted by Gasteiger charge is -2.19. The Morgan fingerprint density at radius 3 is 2.50 bits per heavy atom. The number of benzene rings is 1. The lowest BCUT2D eigenvalue weighted by molar-refractivity contribution is -0.0792. The summed E-state index contributed by atoms with van der Waals surface area (Å²) >= 11 is 0.